The maximum absolute atomic E-state index is 12.4. The molecular weight excluding hydrogens is 402 g/mol. The number of hydrogen-bond acceptors (Lipinski definition) is 8. The minimum Gasteiger partial charge on any atom is -0.464 e. The fraction of sp³-hybridized carbons (Fsp3) is 0.167. The van der Waals surface area contributed by atoms with E-state index in [1.165, 1.54) is 6.26 Å². The lowest BCUT2D eigenvalue weighted by molar-refractivity contribution is -0.385. The number of aromatic nitrogens is 1. The van der Waals surface area contributed by atoms with Crippen LogP contribution in [0.3, 0.4) is 0 Å². The number of pyridine rings is 1. The number of anilines is 1. The first-order valence-electron chi connectivity index (χ1n) is 8.38. The molecular formula is C18H15N3O7S. The molecule has 0 aliphatic rings. The molecule has 3 aromatic rings. The zero-order valence-corrected chi connectivity index (χ0v) is 15.9. The SMILES string of the molecule is CCOC(=O)c1c(-c2ccco2)csc1NC(=O)Cn1cc([N+](=O)[O-])ccc1=O. The van der Waals surface area contributed by atoms with Gasteiger partial charge in [0.1, 0.15) is 22.9 Å². The van der Waals surface area contributed by atoms with Gasteiger partial charge in [0.2, 0.25) is 5.91 Å². The Labute approximate surface area is 167 Å². The quantitative estimate of drug-likeness (QED) is 0.355. The molecule has 0 aliphatic carbocycles. The predicted molar refractivity (Wildman–Crippen MR) is 104 cm³/mol. The number of thiophene rings is 1. The number of carbonyl (C=O) groups excluding carboxylic acids is 2. The van der Waals surface area contributed by atoms with Gasteiger partial charge in [-0.05, 0) is 19.1 Å². The Bertz CT molecular complexity index is 1110. The van der Waals surface area contributed by atoms with Crippen LogP contribution in [-0.2, 0) is 16.1 Å². The van der Waals surface area contributed by atoms with Gasteiger partial charge in [-0.2, -0.15) is 0 Å². The van der Waals surface area contributed by atoms with Gasteiger partial charge >= 0.3 is 5.97 Å². The van der Waals surface area contributed by atoms with Gasteiger partial charge < -0.3 is 14.5 Å². The summed E-state index contributed by atoms with van der Waals surface area (Å²) in [4.78, 5) is 46.9. The molecule has 10 nitrogen and oxygen atoms in total. The first-order chi connectivity index (χ1) is 13.9. The number of nitro groups is 1. The van der Waals surface area contributed by atoms with E-state index in [-0.39, 0.29) is 22.9 Å². The van der Waals surface area contributed by atoms with Crippen LogP contribution < -0.4 is 10.9 Å². The molecule has 1 amide bonds. The van der Waals surface area contributed by atoms with Crippen molar-refractivity contribution in [2.24, 2.45) is 0 Å². The van der Waals surface area contributed by atoms with Crippen molar-refractivity contribution in [3.05, 3.63) is 68.1 Å². The topological polar surface area (TPSA) is 134 Å². The molecule has 0 saturated carbocycles. The Morgan fingerprint density at radius 3 is 2.79 bits per heavy atom. The number of rotatable bonds is 7. The third-order valence-electron chi connectivity index (χ3n) is 3.80. The zero-order valence-electron chi connectivity index (χ0n) is 15.1. The van der Waals surface area contributed by atoms with Gasteiger partial charge in [0, 0.05) is 23.1 Å². The fourth-order valence-electron chi connectivity index (χ4n) is 2.54. The molecule has 0 radical (unpaired) electrons. The maximum Gasteiger partial charge on any atom is 0.341 e. The molecule has 29 heavy (non-hydrogen) atoms. The van der Waals surface area contributed by atoms with Gasteiger partial charge in [-0.3, -0.25) is 24.3 Å². The van der Waals surface area contributed by atoms with Crippen LogP contribution in [0.2, 0.25) is 0 Å². The summed E-state index contributed by atoms with van der Waals surface area (Å²) >= 11 is 1.09. The number of hydrogen-bond donors (Lipinski definition) is 1. The van der Waals surface area contributed by atoms with E-state index < -0.39 is 28.9 Å². The first kappa shape index (κ1) is 20.0. The molecule has 0 aliphatic heterocycles. The van der Waals surface area contributed by atoms with Crippen LogP contribution in [0, 0.1) is 10.1 Å². The van der Waals surface area contributed by atoms with Crippen molar-refractivity contribution in [1.82, 2.24) is 4.57 Å². The predicted octanol–water partition coefficient (Wildman–Crippen LogP) is 2.89. The summed E-state index contributed by atoms with van der Waals surface area (Å²) in [6.07, 6.45) is 2.44. The standard InChI is InChI=1S/C18H15N3O7S/c1-2-27-18(24)16-12(13-4-3-7-28-13)10-29-17(16)19-14(22)9-20-8-11(21(25)26)5-6-15(20)23/h3-8,10H,2,9H2,1H3,(H,19,22). The van der Waals surface area contributed by atoms with E-state index in [1.807, 2.05) is 0 Å². The summed E-state index contributed by atoms with van der Waals surface area (Å²) in [6.45, 7) is 1.34. The van der Waals surface area contributed by atoms with E-state index in [0.29, 0.717) is 11.3 Å². The number of ether oxygens (including phenoxy) is 1. The van der Waals surface area contributed by atoms with Crippen molar-refractivity contribution in [3.63, 3.8) is 0 Å². The summed E-state index contributed by atoms with van der Waals surface area (Å²) < 4.78 is 11.3. The van der Waals surface area contributed by atoms with E-state index in [2.05, 4.69) is 5.32 Å². The summed E-state index contributed by atoms with van der Waals surface area (Å²) in [7, 11) is 0. The molecule has 1 N–H and O–H groups in total. The molecule has 3 rings (SSSR count). The molecule has 11 heteroatoms. The third-order valence-corrected chi connectivity index (χ3v) is 4.70. The number of amides is 1. The normalized spacial score (nSPS) is 10.5. The largest absolute Gasteiger partial charge is 0.464 e. The lowest BCUT2D eigenvalue weighted by atomic mass is 10.1. The van der Waals surface area contributed by atoms with Crippen molar-refractivity contribution in [2.75, 3.05) is 11.9 Å². The number of nitrogens with zero attached hydrogens (tertiary/aromatic N) is 2. The smallest absolute Gasteiger partial charge is 0.341 e. The molecule has 0 bridgehead atoms. The van der Waals surface area contributed by atoms with E-state index in [1.54, 1.807) is 24.4 Å². The second kappa shape index (κ2) is 8.52. The number of esters is 1. The van der Waals surface area contributed by atoms with Crippen LogP contribution in [-0.4, -0.2) is 28.0 Å². The second-order valence-electron chi connectivity index (χ2n) is 5.71. The highest BCUT2D eigenvalue weighted by Crippen LogP contribution is 2.36. The van der Waals surface area contributed by atoms with Crippen molar-refractivity contribution in [1.29, 1.82) is 0 Å². The van der Waals surface area contributed by atoms with Crippen LogP contribution in [0.15, 0.2) is 51.3 Å². The second-order valence-corrected chi connectivity index (χ2v) is 6.59. The molecule has 0 atom stereocenters. The highest BCUT2D eigenvalue weighted by Gasteiger charge is 2.24. The van der Waals surface area contributed by atoms with Gasteiger partial charge in [-0.15, -0.1) is 11.3 Å². The lowest BCUT2D eigenvalue weighted by Gasteiger charge is -2.09. The monoisotopic (exact) mass is 417 g/mol. The third kappa shape index (κ3) is 4.41. The van der Waals surface area contributed by atoms with Gasteiger partial charge in [0.15, 0.2) is 0 Å². The van der Waals surface area contributed by atoms with Crippen molar-refractivity contribution in [3.8, 4) is 11.3 Å². The number of carbonyl (C=O) groups is 2. The Balaban J connectivity index is 1.87. The van der Waals surface area contributed by atoms with E-state index in [0.717, 1.165) is 34.2 Å². The molecule has 0 fully saturated rings. The molecule has 150 valence electrons. The number of furan rings is 1. The average molecular weight is 417 g/mol. The van der Waals surface area contributed by atoms with Crippen molar-refractivity contribution < 1.29 is 23.7 Å². The molecule has 3 aromatic heterocycles. The first-order valence-corrected chi connectivity index (χ1v) is 9.26. The Hall–Kier alpha value is -3.73. The average Bonchev–Trinajstić information content (AvgIpc) is 3.33. The number of nitrogens with one attached hydrogen (secondary N) is 1. The summed E-state index contributed by atoms with van der Waals surface area (Å²) in [6, 6.07) is 5.40. The van der Waals surface area contributed by atoms with Gasteiger partial charge in [-0.1, -0.05) is 0 Å². The van der Waals surface area contributed by atoms with Gasteiger partial charge in [-0.25, -0.2) is 4.79 Å². The molecule has 0 unspecified atom stereocenters. The summed E-state index contributed by atoms with van der Waals surface area (Å²) in [5.41, 5.74) is -0.299. The Morgan fingerprint density at radius 2 is 2.14 bits per heavy atom. The van der Waals surface area contributed by atoms with Crippen molar-refractivity contribution in [2.45, 2.75) is 13.5 Å². The minimum atomic E-state index is -0.665. The molecule has 0 spiro atoms. The Kier molecular flexibility index (Phi) is 5.88. The van der Waals surface area contributed by atoms with Gasteiger partial charge in [0.25, 0.3) is 11.2 Å². The summed E-state index contributed by atoms with van der Waals surface area (Å²) in [5.74, 6) is -0.839. The highest BCUT2D eigenvalue weighted by molar-refractivity contribution is 7.15. The van der Waals surface area contributed by atoms with E-state index in [4.69, 9.17) is 9.15 Å². The molecule has 0 saturated heterocycles. The maximum atomic E-state index is 12.4. The van der Waals surface area contributed by atoms with Crippen LogP contribution in [0.25, 0.3) is 11.3 Å². The highest BCUT2D eigenvalue weighted by atomic mass is 32.1. The molecule has 0 aromatic carbocycles. The fourth-order valence-corrected chi connectivity index (χ4v) is 3.49. The van der Waals surface area contributed by atoms with E-state index in [9.17, 15) is 24.5 Å². The minimum absolute atomic E-state index is 0.131. The summed E-state index contributed by atoms with van der Waals surface area (Å²) in [5, 5.41) is 15.3. The van der Waals surface area contributed by atoms with E-state index >= 15 is 0 Å². The zero-order chi connectivity index (χ0) is 21.0. The van der Waals surface area contributed by atoms with Crippen LogP contribution in [0.4, 0.5) is 10.7 Å². The Morgan fingerprint density at radius 1 is 1.34 bits per heavy atom. The molecule has 3 heterocycles. The van der Waals surface area contributed by atoms with Crippen LogP contribution in [0.1, 0.15) is 17.3 Å². The van der Waals surface area contributed by atoms with Crippen LogP contribution in [0.5, 0.6) is 0 Å². The lowest BCUT2D eigenvalue weighted by Crippen LogP contribution is -2.27. The van der Waals surface area contributed by atoms with Crippen LogP contribution >= 0.6 is 11.3 Å². The van der Waals surface area contributed by atoms with Gasteiger partial charge in [0.05, 0.1) is 24.0 Å². The van der Waals surface area contributed by atoms with Crippen molar-refractivity contribution >= 4 is 33.9 Å².